The summed E-state index contributed by atoms with van der Waals surface area (Å²) in [7, 11) is 3.57. The first-order valence-electron chi connectivity index (χ1n) is 12.2. The Morgan fingerprint density at radius 1 is 1.00 bits per heavy atom. The highest BCUT2D eigenvalue weighted by Gasteiger charge is 2.55. The quantitative estimate of drug-likeness (QED) is 0.465. The number of benzene rings is 1. The summed E-state index contributed by atoms with van der Waals surface area (Å²) in [6.45, 7) is 0.993. The van der Waals surface area contributed by atoms with Crippen LogP contribution in [0.4, 0.5) is 0 Å². The van der Waals surface area contributed by atoms with Gasteiger partial charge in [0.2, 0.25) is 0 Å². The number of aliphatic hydroxyl groups excluding tert-OH is 1. The fourth-order valence-electron chi connectivity index (χ4n) is 5.95. The van der Waals surface area contributed by atoms with Crippen molar-refractivity contribution in [3.05, 3.63) is 89.6 Å². The number of nitrogens with zero attached hydrogens (tertiary/aromatic N) is 5. The predicted octanol–water partition coefficient (Wildman–Crippen LogP) is 2.56. The van der Waals surface area contributed by atoms with Crippen LogP contribution in [0.2, 0.25) is 0 Å². The lowest BCUT2D eigenvalue weighted by Crippen LogP contribution is -2.68. The zero-order valence-electron chi connectivity index (χ0n) is 20.7. The van der Waals surface area contributed by atoms with Crippen LogP contribution in [0, 0.1) is 0 Å². The molecule has 1 fully saturated rings. The molecule has 9 heteroatoms. The van der Waals surface area contributed by atoms with Crippen LogP contribution in [-0.2, 0) is 12.5 Å². The number of aliphatic hydroxyl groups is 1. The number of likely N-dealkylation sites (tertiary alicyclic amines) is 1. The lowest BCUT2D eigenvalue weighted by atomic mass is 9.68. The Morgan fingerprint density at radius 3 is 2.27 bits per heavy atom. The number of aromatic nitrogens is 3. The third-order valence-electron chi connectivity index (χ3n) is 7.62. The van der Waals surface area contributed by atoms with E-state index in [9.17, 15) is 14.7 Å². The standard InChI is InChI=1S/C28H27N5O4/c1-31-22-13-18(37-2)9-10-19(22)24-25(31)23(14-34)33(27(36)21-8-4-6-12-30-21)17-28(24)15-32(16-28)26(35)20-7-3-5-11-29-20/h3-13,23,34H,14-17H2,1-2H3/t23-/m1/s1. The minimum absolute atomic E-state index is 0.137. The smallest absolute Gasteiger partial charge is 0.273 e. The first kappa shape index (κ1) is 23.2. The molecule has 1 N–H and O–H groups in total. The molecule has 1 aromatic carbocycles. The lowest BCUT2D eigenvalue weighted by molar-refractivity contribution is 0.00186. The van der Waals surface area contributed by atoms with Gasteiger partial charge in [0.15, 0.2) is 0 Å². The van der Waals surface area contributed by atoms with E-state index < -0.39 is 11.5 Å². The lowest BCUT2D eigenvalue weighted by Gasteiger charge is -2.56. The maximum absolute atomic E-state index is 13.7. The second-order valence-corrected chi connectivity index (χ2v) is 9.71. The highest BCUT2D eigenvalue weighted by molar-refractivity contribution is 5.96. The van der Waals surface area contributed by atoms with Gasteiger partial charge >= 0.3 is 0 Å². The number of carbonyl (C=O) groups is 2. The van der Waals surface area contributed by atoms with Gasteiger partial charge in [0, 0.05) is 56.2 Å². The van der Waals surface area contributed by atoms with Crippen molar-refractivity contribution < 1.29 is 19.4 Å². The molecule has 0 unspecified atom stereocenters. The molecule has 0 saturated carbocycles. The largest absolute Gasteiger partial charge is 0.497 e. The van der Waals surface area contributed by atoms with Gasteiger partial charge < -0.3 is 24.2 Å². The summed E-state index contributed by atoms with van der Waals surface area (Å²) in [6, 6.07) is 15.9. The molecule has 37 heavy (non-hydrogen) atoms. The number of hydrogen-bond donors (Lipinski definition) is 1. The summed E-state index contributed by atoms with van der Waals surface area (Å²) < 4.78 is 7.51. The third kappa shape index (κ3) is 3.49. The van der Waals surface area contributed by atoms with E-state index in [1.807, 2.05) is 29.8 Å². The fourth-order valence-corrected chi connectivity index (χ4v) is 5.95. The normalized spacial score (nSPS) is 18.0. The van der Waals surface area contributed by atoms with Gasteiger partial charge in [-0.25, -0.2) is 0 Å². The molecule has 2 aliphatic heterocycles. The Labute approximate surface area is 213 Å². The van der Waals surface area contributed by atoms with Crippen LogP contribution in [-0.4, -0.2) is 74.6 Å². The molecule has 2 aliphatic rings. The minimum atomic E-state index is -0.556. The number of aryl methyl sites for hydroxylation is 1. The van der Waals surface area contributed by atoms with Crippen molar-refractivity contribution in [2.45, 2.75) is 11.5 Å². The number of methoxy groups -OCH3 is 1. The molecular formula is C28H27N5O4. The van der Waals surface area contributed by atoms with Gasteiger partial charge in [0.1, 0.15) is 17.1 Å². The van der Waals surface area contributed by atoms with Gasteiger partial charge in [-0.3, -0.25) is 19.6 Å². The van der Waals surface area contributed by atoms with E-state index in [1.165, 1.54) is 0 Å². The molecule has 1 spiro atoms. The predicted molar refractivity (Wildman–Crippen MR) is 136 cm³/mol. The number of carbonyl (C=O) groups excluding carboxylic acids is 2. The van der Waals surface area contributed by atoms with E-state index in [0.29, 0.717) is 31.0 Å². The summed E-state index contributed by atoms with van der Waals surface area (Å²) in [6.07, 6.45) is 3.20. The first-order valence-corrected chi connectivity index (χ1v) is 12.2. The molecule has 9 nitrogen and oxygen atoms in total. The molecule has 1 saturated heterocycles. The molecule has 0 aliphatic carbocycles. The summed E-state index contributed by atoms with van der Waals surface area (Å²) in [5, 5.41) is 11.6. The molecular weight excluding hydrogens is 470 g/mol. The van der Waals surface area contributed by atoms with E-state index in [-0.39, 0.29) is 18.4 Å². The van der Waals surface area contributed by atoms with E-state index in [0.717, 1.165) is 27.9 Å². The minimum Gasteiger partial charge on any atom is -0.497 e. The molecule has 6 rings (SSSR count). The molecule has 3 aromatic heterocycles. The average Bonchev–Trinajstić information content (AvgIpc) is 3.23. The van der Waals surface area contributed by atoms with Gasteiger partial charge in [0.25, 0.3) is 11.8 Å². The molecule has 4 aromatic rings. The number of hydrogen-bond acceptors (Lipinski definition) is 6. The number of ether oxygens (including phenoxy) is 1. The second-order valence-electron chi connectivity index (χ2n) is 9.71. The Balaban J connectivity index is 1.48. The zero-order chi connectivity index (χ0) is 25.7. The molecule has 2 amide bonds. The van der Waals surface area contributed by atoms with E-state index >= 15 is 0 Å². The number of fused-ring (bicyclic) bond motifs is 4. The summed E-state index contributed by atoms with van der Waals surface area (Å²) in [5.74, 6) is 0.339. The SMILES string of the molecule is COc1ccc2c3c(n(C)c2c1)[C@@H](CO)N(C(=O)c1ccccn1)CC31CN(C(=O)c2ccccn2)C1. The van der Waals surface area contributed by atoms with Crippen molar-refractivity contribution in [3.63, 3.8) is 0 Å². The van der Waals surface area contributed by atoms with Gasteiger partial charge in [-0.2, -0.15) is 0 Å². The number of pyridine rings is 2. The molecule has 0 radical (unpaired) electrons. The maximum Gasteiger partial charge on any atom is 0.273 e. The maximum atomic E-state index is 13.7. The van der Waals surface area contributed by atoms with Crippen LogP contribution >= 0.6 is 0 Å². The van der Waals surface area contributed by atoms with Crippen LogP contribution in [0.1, 0.15) is 38.3 Å². The van der Waals surface area contributed by atoms with Crippen molar-refractivity contribution in [1.82, 2.24) is 24.3 Å². The Hall–Kier alpha value is -4.24. The zero-order valence-corrected chi connectivity index (χ0v) is 20.7. The molecule has 1 atom stereocenters. The van der Waals surface area contributed by atoms with Crippen LogP contribution in [0.5, 0.6) is 5.75 Å². The molecule has 188 valence electrons. The van der Waals surface area contributed by atoms with Crippen LogP contribution < -0.4 is 4.74 Å². The van der Waals surface area contributed by atoms with E-state index in [1.54, 1.807) is 65.7 Å². The third-order valence-corrected chi connectivity index (χ3v) is 7.62. The van der Waals surface area contributed by atoms with Crippen molar-refractivity contribution in [2.24, 2.45) is 7.05 Å². The monoisotopic (exact) mass is 497 g/mol. The highest BCUT2D eigenvalue weighted by atomic mass is 16.5. The molecule has 0 bridgehead atoms. The van der Waals surface area contributed by atoms with E-state index in [4.69, 9.17) is 4.74 Å². The Bertz CT molecular complexity index is 1500. The van der Waals surface area contributed by atoms with Gasteiger partial charge in [-0.05, 0) is 42.0 Å². The highest BCUT2D eigenvalue weighted by Crippen LogP contribution is 2.50. The number of rotatable bonds is 4. The second kappa shape index (κ2) is 8.70. The summed E-state index contributed by atoms with van der Waals surface area (Å²) in [5.41, 5.74) is 3.10. The van der Waals surface area contributed by atoms with Crippen LogP contribution in [0.15, 0.2) is 67.0 Å². The first-order chi connectivity index (χ1) is 18.0. The van der Waals surface area contributed by atoms with E-state index in [2.05, 4.69) is 9.97 Å². The topological polar surface area (TPSA) is 101 Å². The van der Waals surface area contributed by atoms with Gasteiger partial charge in [-0.15, -0.1) is 0 Å². The Morgan fingerprint density at radius 2 is 1.68 bits per heavy atom. The van der Waals surface area contributed by atoms with Gasteiger partial charge in [0.05, 0.1) is 30.7 Å². The van der Waals surface area contributed by atoms with Gasteiger partial charge in [-0.1, -0.05) is 12.1 Å². The van der Waals surface area contributed by atoms with Crippen molar-refractivity contribution in [1.29, 1.82) is 0 Å². The van der Waals surface area contributed by atoms with Crippen LogP contribution in [0.25, 0.3) is 10.9 Å². The summed E-state index contributed by atoms with van der Waals surface area (Å²) in [4.78, 5) is 38.9. The Kier molecular flexibility index (Phi) is 5.45. The van der Waals surface area contributed by atoms with Crippen molar-refractivity contribution >= 4 is 22.7 Å². The molecule has 5 heterocycles. The average molecular weight is 498 g/mol. The van der Waals surface area contributed by atoms with Crippen molar-refractivity contribution in [2.75, 3.05) is 33.4 Å². The fraction of sp³-hybridized carbons (Fsp3) is 0.286. The number of amides is 2. The van der Waals surface area contributed by atoms with Crippen molar-refractivity contribution in [3.8, 4) is 5.75 Å². The van der Waals surface area contributed by atoms with Crippen LogP contribution in [0.3, 0.4) is 0 Å². The summed E-state index contributed by atoms with van der Waals surface area (Å²) >= 11 is 0.